The second-order valence-corrected chi connectivity index (χ2v) is 8.16. The molecule has 0 saturated carbocycles. The Morgan fingerprint density at radius 3 is 2.31 bits per heavy atom. The Morgan fingerprint density at radius 2 is 1.73 bits per heavy atom. The first-order valence-corrected chi connectivity index (χ1v) is 10.1. The predicted molar refractivity (Wildman–Crippen MR) is 99.5 cm³/mol. The fraction of sp³-hybridized carbons (Fsp3) is 0.316. The second-order valence-electron chi connectivity index (χ2n) is 6.17. The Balaban J connectivity index is 1.96. The van der Waals surface area contributed by atoms with Crippen LogP contribution in [0.2, 0.25) is 0 Å². The van der Waals surface area contributed by atoms with Gasteiger partial charge in [-0.15, -0.1) is 0 Å². The summed E-state index contributed by atoms with van der Waals surface area (Å²) < 4.78 is 38.1. The predicted octanol–water partition coefficient (Wildman–Crippen LogP) is 2.51. The summed E-state index contributed by atoms with van der Waals surface area (Å²) in [5.41, 5.74) is 1.75. The van der Waals surface area contributed by atoms with Crippen molar-refractivity contribution in [3.05, 3.63) is 71.5 Å². The van der Waals surface area contributed by atoms with Crippen molar-refractivity contribution in [2.75, 3.05) is 19.3 Å². The number of rotatable bonds is 8. The van der Waals surface area contributed by atoms with Crippen LogP contribution < -0.4 is 5.32 Å². The van der Waals surface area contributed by atoms with Gasteiger partial charge in [0, 0.05) is 6.54 Å². The molecule has 2 aromatic carbocycles. The molecule has 1 N–H and O–H groups in total. The van der Waals surface area contributed by atoms with Gasteiger partial charge in [-0.05, 0) is 36.6 Å². The highest BCUT2D eigenvalue weighted by Crippen LogP contribution is 2.13. The summed E-state index contributed by atoms with van der Waals surface area (Å²) in [5.74, 6) is -0.753. The third-order valence-electron chi connectivity index (χ3n) is 4.03. The molecule has 0 aliphatic carbocycles. The van der Waals surface area contributed by atoms with Gasteiger partial charge < -0.3 is 5.32 Å². The molecule has 2 aromatic rings. The molecule has 0 fully saturated rings. The maximum Gasteiger partial charge on any atom is 0.235 e. The number of nitrogens with zero attached hydrogens (tertiary/aromatic N) is 1. The molecule has 0 spiro atoms. The van der Waals surface area contributed by atoms with Crippen molar-refractivity contribution in [2.45, 2.75) is 19.4 Å². The average molecular weight is 378 g/mol. The average Bonchev–Trinajstić information content (AvgIpc) is 2.59. The number of hydrogen-bond acceptors (Lipinski definition) is 3. The first-order valence-electron chi connectivity index (χ1n) is 8.29. The highest BCUT2D eigenvalue weighted by atomic mass is 32.2. The number of halogens is 1. The van der Waals surface area contributed by atoms with Crippen LogP contribution >= 0.6 is 0 Å². The Morgan fingerprint density at radius 1 is 1.12 bits per heavy atom. The lowest BCUT2D eigenvalue weighted by atomic mass is 10.1. The summed E-state index contributed by atoms with van der Waals surface area (Å²) in [6.07, 6.45) is 1.61. The molecule has 2 rings (SSSR count). The van der Waals surface area contributed by atoms with E-state index >= 15 is 0 Å². The molecule has 26 heavy (non-hydrogen) atoms. The molecule has 5 nitrogen and oxygen atoms in total. The van der Waals surface area contributed by atoms with Gasteiger partial charge in [0.05, 0.1) is 18.8 Å². The van der Waals surface area contributed by atoms with Gasteiger partial charge in [0.25, 0.3) is 0 Å². The number of amides is 1. The highest BCUT2D eigenvalue weighted by molar-refractivity contribution is 7.88. The molecule has 0 radical (unpaired) electrons. The number of benzene rings is 2. The molecular weight excluding hydrogens is 355 g/mol. The van der Waals surface area contributed by atoms with Crippen LogP contribution in [0.25, 0.3) is 0 Å². The van der Waals surface area contributed by atoms with Crippen molar-refractivity contribution in [3.63, 3.8) is 0 Å². The van der Waals surface area contributed by atoms with Crippen LogP contribution in [-0.4, -0.2) is 38.0 Å². The van der Waals surface area contributed by atoms with Crippen LogP contribution in [0.1, 0.15) is 24.1 Å². The first-order chi connectivity index (χ1) is 12.3. The number of carbonyl (C=O) groups is 1. The van der Waals surface area contributed by atoms with Crippen molar-refractivity contribution >= 4 is 15.9 Å². The van der Waals surface area contributed by atoms with E-state index in [1.165, 1.54) is 12.1 Å². The SMILES string of the molecule is C[C@@H](NC(=O)CN(CCc1ccccc1)S(C)(=O)=O)c1ccc(F)cc1. The zero-order chi connectivity index (χ0) is 19.2. The largest absolute Gasteiger partial charge is 0.348 e. The second kappa shape index (κ2) is 8.91. The van der Waals surface area contributed by atoms with Gasteiger partial charge >= 0.3 is 0 Å². The molecule has 0 bridgehead atoms. The smallest absolute Gasteiger partial charge is 0.235 e. The van der Waals surface area contributed by atoms with Gasteiger partial charge in [-0.25, -0.2) is 12.8 Å². The van der Waals surface area contributed by atoms with Crippen LogP contribution in [0.4, 0.5) is 4.39 Å². The molecule has 0 unspecified atom stereocenters. The Bertz CT molecular complexity index is 824. The van der Waals surface area contributed by atoms with E-state index in [0.717, 1.165) is 21.7 Å². The fourth-order valence-electron chi connectivity index (χ4n) is 2.54. The van der Waals surface area contributed by atoms with Gasteiger partial charge in [0.1, 0.15) is 5.82 Å². The van der Waals surface area contributed by atoms with Gasteiger partial charge in [-0.2, -0.15) is 4.31 Å². The van der Waals surface area contributed by atoms with Crippen LogP contribution in [0.3, 0.4) is 0 Å². The van der Waals surface area contributed by atoms with Crippen LogP contribution in [-0.2, 0) is 21.2 Å². The van der Waals surface area contributed by atoms with Crippen molar-refractivity contribution in [1.82, 2.24) is 9.62 Å². The van der Waals surface area contributed by atoms with Crippen molar-refractivity contribution < 1.29 is 17.6 Å². The lowest BCUT2D eigenvalue weighted by Gasteiger charge is -2.21. The molecule has 1 amide bonds. The Kier molecular flexibility index (Phi) is 6.88. The lowest BCUT2D eigenvalue weighted by molar-refractivity contribution is -0.121. The van der Waals surface area contributed by atoms with E-state index in [9.17, 15) is 17.6 Å². The molecule has 0 aliphatic rings. The topological polar surface area (TPSA) is 66.5 Å². The molecule has 7 heteroatoms. The Hall–Kier alpha value is -2.25. The number of hydrogen-bond donors (Lipinski definition) is 1. The molecule has 0 heterocycles. The fourth-order valence-corrected chi connectivity index (χ4v) is 3.32. The summed E-state index contributed by atoms with van der Waals surface area (Å²) in [7, 11) is -3.51. The summed E-state index contributed by atoms with van der Waals surface area (Å²) in [4.78, 5) is 12.3. The van der Waals surface area contributed by atoms with Crippen molar-refractivity contribution in [1.29, 1.82) is 0 Å². The normalized spacial score (nSPS) is 12.8. The maximum absolute atomic E-state index is 13.0. The lowest BCUT2D eigenvalue weighted by Crippen LogP contribution is -2.41. The standard InChI is InChI=1S/C19H23FN2O3S/c1-15(17-8-10-18(20)11-9-17)21-19(23)14-22(26(2,24)25)13-12-16-6-4-3-5-7-16/h3-11,15H,12-14H2,1-2H3,(H,21,23)/t15-/m1/s1. The van der Waals surface area contributed by atoms with E-state index in [1.54, 1.807) is 19.1 Å². The summed E-state index contributed by atoms with van der Waals surface area (Å²) >= 11 is 0. The van der Waals surface area contributed by atoms with Crippen molar-refractivity contribution in [3.8, 4) is 0 Å². The van der Waals surface area contributed by atoms with Gasteiger partial charge in [0.2, 0.25) is 15.9 Å². The first kappa shape index (κ1) is 20.1. The number of carbonyl (C=O) groups excluding carboxylic acids is 1. The summed E-state index contributed by atoms with van der Waals surface area (Å²) in [6.45, 7) is 1.73. The van der Waals surface area contributed by atoms with E-state index in [2.05, 4.69) is 5.32 Å². The molecule has 1 atom stereocenters. The third kappa shape index (κ3) is 6.24. The van der Waals surface area contributed by atoms with Crippen LogP contribution in [0, 0.1) is 5.82 Å². The van der Waals surface area contributed by atoms with E-state index in [-0.39, 0.29) is 24.9 Å². The summed E-state index contributed by atoms with van der Waals surface area (Å²) in [6, 6.07) is 15.0. The molecule has 0 saturated heterocycles. The monoisotopic (exact) mass is 378 g/mol. The van der Waals surface area contributed by atoms with Gasteiger partial charge in [0.15, 0.2) is 0 Å². The minimum atomic E-state index is -3.51. The van der Waals surface area contributed by atoms with E-state index in [1.807, 2.05) is 30.3 Å². The minimum absolute atomic E-state index is 0.223. The highest BCUT2D eigenvalue weighted by Gasteiger charge is 2.21. The molecule has 140 valence electrons. The van der Waals surface area contributed by atoms with E-state index in [0.29, 0.717) is 6.42 Å². The quantitative estimate of drug-likeness (QED) is 0.768. The zero-order valence-electron chi connectivity index (χ0n) is 14.9. The molecule has 0 aromatic heterocycles. The number of sulfonamides is 1. The van der Waals surface area contributed by atoms with Gasteiger partial charge in [-0.3, -0.25) is 4.79 Å². The third-order valence-corrected chi connectivity index (χ3v) is 5.28. The van der Waals surface area contributed by atoms with E-state index < -0.39 is 15.9 Å². The molecular formula is C19H23FN2O3S. The van der Waals surface area contributed by atoms with Crippen molar-refractivity contribution in [2.24, 2.45) is 0 Å². The van der Waals surface area contributed by atoms with E-state index in [4.69, 9.17) is 0 Å². The zero-order valence-corrected chi connectivity index (χ0v) is 15.7. The van der Waals surface area contributed by atoms with Gasteiger partial charge in [-0.1, -0.05) is 42.5 Å². The van der Waals surface area contributed by atoms with Crippen LogP contribution in [0.5, 0.6) is 0 Å². The molecule has 0 aliphatic heterocycles. The minimum Gasteiger partial charge on any atom is -0.348 e. The summed E-state index contributed by atoms with van der Waals surface area (Å²) in [5, 5.41) is 2.75. The Labute approximate surface area is 153 Å². The number of nitrogens with one attached hydrogen (secondary N) is 1. The maximum atomic E-state index is 13.0. The van der Waals surface area contributed by atoms with Crippen LogP contribution in [0.15, 0.2) is 54.6 Å².